The van der Waals surface area contributed by atoms with Crippen molar-refractivity contribution in [3.05, 3.63) is 0 Å². The molecule has 0 radical (unpaired) electrons. The number of ether oxygens (including phenoxy) is 1. The lowest BCUT2D eigenvalue weighted by Crippen LogP contribution is -2.33. The highest BCUT2D eigenvalue weighted by molar-refractivity contribution is 5.72. The molecule has 0 aromatic carbocycles. The second kappa shape index (κ2) is 11.7. The van der Waals surface area contributed by atoms with E-state index in [1.165, 1.54) is 57.8 Å². The Hall–Kier alpha value is -1.04. The van der Waals surface area contributed by atoms with E-state index in [4.69, 9.17) is 4.74 Å². The number of rotatable bonds is 10. The van der Waals surface area contributed by atoms with Gasteiger partial charge in [-0.05, 0) is 63.7 Å². The Balaban J connectivity index is 1.68. The van der Waals surface area contributed by atoms with Crippen LogP contribution in [0.25, 0.3) is 0 Å². The van der Waals surface area contributed by atoms with Crippen molar-refractivity contribution in [1.82, 2.24) is 0 Å². The van der Waals surface area contributed by atoms with E-state index in [2.05, 4.69) is 19.9 Å². The van der Waals surface area contributed by atoms with Crippen molar-refractivity contribution in [2.75, 3.05) is 0 Å². The maximum absolute atomic E-state index is 12.5. The number of hydrogen-bond acceptors (Lipinski definition) is 3. The molecule has 0 heterocycles. The topological polar surface area (TPSA) is 50.1 Å². The highest BCUT2D eigenvalue weighted by Crippen LogP contribution is 2.41. The van der Waals surface area contributed by atoms with Gasteiger partial charge in [-0.2, -0.15) is 5.26 Å². The molecule has 2 aliphatic carbocycles. The maximum atomic E-state index is 12.5. The van der Waals surface area contributed by atoms with Crippen molar-refractivity contribution >= 4 is 5.97 Å². The van der Waals surface area contributed by atoms with Crippen LogP contribution in [-0.2, 0) is 9.53 Å². The Labute approximate surface area is 167 Å². The van der Waals surface area contributed by atoms with Gasteiger partial charge in [-0.25, -0.2) is 0 Å². The third-order valence-electron chi connectivity index (χ3n) is 7.05. The molecule has 154 valence electrons. The van der Waals surface area contributed by atoms with E-state index >= 15 is 0 Å². The quantitative estimate of drug-likeness (QED) is 0.306. The van der Waals surface area contributed by atoms with Gasteiger partial charge < -0.3 is 4.74 Å². The van der Waals surface area contributed by atoms with Crippen LogP contribution in [0.4, 0.5) is 0 Å². The summed E-state index contributed by atoms with van der Waals surface area (Å²) in [7, 11) is 0. The zero-order valence-corrected chi connectivity index (χ0v) is 17.8. The van der Waals surface area contributed by atoms with Crippen LogP contribution in [0, 0.1) is 28.6 Å². The summed E-state index contributed by atoms with van der Waals surface area (Å²) in [5.74, 6) is 0.987. The maximum Gasteiger partial charge on any atom is 0.309 e. The van der Waals surface area contributed by atoms with Gasteiger partial charge in [0.15, 0.2) is 0 Å². The molecule has 0 aromatic heterocycles. The molecule has 0 amide bonds. The molecule has 2 saturated carbocycles. The van der Waals surface area contributed by atoms with E-state index in [1.807, 2.05) is 0 Å². The van der Waals surface area contributed by atoms with Crippen molar-refractivity contribution < 1.29 is 9.53 Å². The van der Waals surface area contributed by atoms with Crippen LogP contribution >= 0.6 is 0 Å². The van der Waals surface area contributed by atoms with E-state index in [0.29, 0.717) is 0 Å². The molecule has 3 heteroatoms. The summed E-state index contributed by atoms with van der Waals surface area (Å²) in [5, 5.41) is 9.73. The van der Waals surface area contributed by atoms with E-state index < -0.39 is 0 Å². The van der Waals surface area contributed by atoms with E-state index in [0.717, 1.165) is 50.9 Å². The molecule has 2 rings (SSSR count). The zero-order chi connectivity index (χ0) is 19.5. The van der Waals surface area contributed by atoms with Gasteiger partial charge in [-0.1, -0.05) is 58.8 Å². The van der Waals surface area contributed by atoms with Crippen LogP contribution in [-0.4, -0.2) is 12.1 Å². The Morgan fingerprint density at radius 1 is 0.963 bits per heavy atom. The zero-order valence-electron chi connectivity index (χ0n) is 17.8. The fraction of sp³-hybridized carbons (Fsp3) is 0.917. The van der Waals surface area contributed by atoms with E-state index in [9.17, 15) is 10.1 Å². The van der Waals surface area contributed by atoms with E-state index in [-0.39, 0.29) is 23.4 Å². The summed E-state index contributed by atoms with van der Waals surface area (Å²) >= 11 is 0. The molecule has 0 atom stereocenters. The fourth-order valence-electron chi connectivity index (χ4n) is 5.10. The first kappa shape index (κ1) is 22.3. The van der Waals surface area contributed by atoms with Gasteiger partial charge in [-0.3, -0.25) is 4.79 Å². The first-order valence-electron chi connectivity index (χ1n) is 11.7. The van der Waals surface area contributed by atoms with Crippen molar-refractivity contribution in [2.24, 2.45) is 17.3 Å². The number of nitrogens with zero attached hydrogens (tertiary/aromatic N) is 1. The Kier molecular flexibility index (Phi) is 9.66. The molecular weight excluding hydrogens is 334 g/mol. The van der Waals surface area contributed by atoms with Gasteiger partial charge in [0, 0.05) is 0 Å². The number of hydrogen-bond donors (Lipinski definition) is 0. The molecule has 0 unspecified atom stereocenters. The Morgan fingerprint density at radius 2 is 1.63 bits per heavy atom. The van der Waals surface area contributed by atoms with Crippen LogP contribution in [0.15, 0.2) is 0 Å². The average molecular weight is 376 g/mol. The Morgan fingerprint density at radius 3 is 2.22 bits per heavy atom. The highest BCUT2D eigenvalue weighted by Gasteiger charge is 2.37. The molecule has 0 bridgehead atoms. The normalized spacial score (nSPS) is 31.2. The molecule has 2 aliphatic rings. The van der Waals surface area contributed by atoms with Gasteiger partial charge in [0.1, 0.15) is 6.10 Å². The lowest BCUT2D eigenvalue weighted by molar-refractivity contribution is -0.158. The van der Waals surface area contributed by atoms with Crippen molar-refractivity contribution in [2.45, 2.75) is 123 Å². The first-order valence-corrected chi connectivity index (χ1v) is 11.7. The number of carbonyl (C=O) groups is 1. The predicted octanol–water partition coefficient (Wildman–Crippen LogP) is 6.95. The number of unbranched alkanes of at least 4 members (excludes halogenated alkanes) is 4. The summed E-state index contributed by atoms with van der Waals surface area (Å²) in [6.45, 7) is 4.48. The molecule has 0 N–H and O–H groups in total. The molecule has 27 heavy (non-hydrogen) atoms. The molecule has 0 aliphatic heterocycles. The lowest BCUT2D eigenvalue weighted by atomic mass is 9.71. The summed E-state index contributed by atoms with van der Waals surface area (Å²) in [4.78, 5) is 12.5. The second-order valence-electron chi connectivity index (χ2n) is 9.20. The van der Waals surface area contributed by atoms with Crippen molar-refractivity contribution in [3.63, 3.8) is 0 Å². The third-order valence-corrected chi connectivity index (χ3v) is 7.05. The third kappa shape index (κ3) is 7.13. The smallest absolute Gasteiger partial charge is 0.309 e. The molecule has 2 fully saturated rings. The minimum Gasteiger partial charge on any atom is -0.462 e. The summed E-state index contributed by atoms with van der Waals surface area (Å²) in [6.07, 6.45) is 17.8. The van der Waals surface area contributed by atoms with Gasteiger partial charge in [0.25, 0.3) is 0 Å². The Bertz CT molecular complexity index is 465. The summed E-state index contributed by atoms with van der Waals surface area (Å²) in [6, 6.07) is 2.62. The van der Waals surface area contributed by atoms with Gasteiger partial charge >= 0.3 is 5.97 Å². The monoisotopic (exact) mass is 375 g/mol. The molecule has 0 saturated heterocycles. The number of esters is 1. The standard InChI is InChI=1S/C24H41NO2/c1-3-5-6-7-8-16-24(19-25)17-14-22(15-18-24)27-23(26)21-12-10-20(9-4-2)11-13-21/h20-22H,3-18H2,1-2H3/t20-,21-,22-,24-. The largest absolute Gasteiger partial charge is 0.462 e. The molecule has 0 spiro atoms. The van der Waals surface area contributed by atoms with E-state index in [1.54, 1.807) is 0 Å². The minimum absolute atomic E-state index is 0.0407. The van der Waals surface area contributed by atoms with Crippen LogP contribution in [0.2, 0.25) is 0 Å². The first-order chi connectivity index (χ1) is 13.1. The summed E-state index contributed by atoms with van der Waals surface area (Å²) < 4.78 is 5.87. The van der Waals surface area contributed by atoms with Crippen LogP contribution in [0.5, 0.6) is 0 Å². The van der Waals surface area contributed by atoms with Crippen LogP contribution < -0.4 is 0 Å². The SMILES string of the molecule is CCCCCCC[C@]1(C#N)CC[C@H](OC(=O)[C@H]2CC[C@H](CCC)CC2)CC1. The van der Waals surface area contributed by atoms with Gasteiger partial charge in [0.2, 0.25) is 0 Å². The van der Waals surface area contributed by atoms with Crippen molar-refractivity contribution in [3.8, 4) is 6.07 Å². The lowest BCUT2D eigenvalue weighted by Gasteiger charge is -2.35. The second-order valence-corrected chi connectivity index (χ2v) is 9.20. The predicted molar refractivity (Wildman–Crippen MR) is 110 cm³/mol. The molecule has 0 aromatic rings. The number of nitriles is 1. The molecule has 3 nitrogen and oxygen atoms in total. The summed E-state index contributed by atoms with van der Waals surface area (Å²) in [5.41, 5.74) is -0.159. The van der Waals surface area contributed by atoms with Gasteiger partial charge in [0.05, 0.1) is 17.4 Å². The minimum atomic E-state index is -0.159. The molecular formula is C24H41NO2. The van der Waals surface area contributed by atoms with Crippen LogP contribution in [0.1, 0.15) is 117 Å². The highest BCUT2D eigenvalue weighted by atomic mass is 16.5. The fourth-order valence-corrected chi connectivity index (χ4v) is 5.10. The average Bonchev–Trinajstić information content (AvgIpc) is 2.70. The van der Waals surface area contributed by atoms with Crippen LogP contribution in [0.3, 0.4) is 0 Å². The number of carbonyl (C=O) groups excluding carboxylic acids is 1. The van der Waals surface area contributed by atoms with Crippen molar-refractivity contribution in [1.29, 1.82) is 5.26 Å². The van der Waals surface area contributed by atoms with Gasteiger partial charge in [-0.15, -0.1) is 0 Å².